The zero-order chi connectivity index (χ0) is 17.7. The molecular formula is C15H12Cl2N2O4S. The number of aromatic carboxylic acids is 1. The average molecular weight is 387 g/mol. The molecule has 0 radical (unpaired) electrons. The molecule has 0 fully saturated rings. The van der Waals surface area contributed by atoms with Gasteiger partial charge in [-0.1, -0.05) is 23.2 Å². The second-order valence-corrected chi connectivity index (χ2v) is 6.42. The van der Waals surface area contributed by atoms with Crippen molar-refractivity contribution in [1.82, 2.24) is 10.6 Å². The number of rotatable bonds is 6. The molecule has 1 aromatic heterocycles. The standard InChI is InChI=1S/C15H12Cl2N2O4S/c16-9-1-2-10(11(17)5-9)14(21)19-7-12(20)18-6-8-3-4-24-13(8)15(22)23/h1-5H,6-7H2,(H,18,20)(H,19,21)(H,22,23). The number of carboxylic acid groups (broad SMARTS) is 1. The fourth-order valence-corrected chi connectivity index (χ4v) is 3.10. The van der Waals surface area contributed by atoms with Gasteiger partial charge in [0.15, 0.2) is 0 Å². The normalized spacial score (nSPS) is 10.2. The highest BCUT2D eigenvalue weighted by molar-refractivity contribution is 7.12. The van der Waals surface area contributed by atoms with Gasteiger partial charge in [-0.3, -0.25) is 9.59 Å². The van der Waals surface area contributed by atoms with E-state index in [2.05, 4.69) is 10.6 Å². The van der Waals surface area contributed by atoms with Crippen molar-refractivity contribution in [2.24, 2.45) is 0 Å². The number of amides is 2. The minimum atomic E-state index is -1.04. The number of carbonyl (C=O) groups is 3. The van der Waals surface area contributed by atoms with Crippen LogP contribution >= 0.6 is 34.5 Å². The molecule has 9 heteroatoms. The Kier molecular flexibility index (Phi) is 6.19. The van der Waals surface area contributed by atoms with Crippen LogP contribution < -0.4 is 10.6 Å². The second kappa shape index (κ2) is 8.14. The van der Waals surface area contributed by atoms with Gasteiger partial charge in [0, 0.05) is 11.6 Å². The number of thiophene rings is 1. The fourth-order valence-electron chi connectivity index (χ4n) is 1.85. The lowest BCUT2D eigenvalue weighted by molar-refractivity contribution is -0.120. The molecule has 0 unspecified atom stereocenters. The number of nitrogens with one attached hydrogen (secondary N) is 2. The first-order chi connectivity index (χ1) is 11.4. The zero-order valence-electron chi connectivity index (χ0n) is 12.1. The molecule has 0 aliphatic carbocycles. The summed E-state index contributed by atoms with van der Waals surface area (Å²) in [5.41, 5.74) is 0.716. The maximum absolute atomic E-state index is 12.0. The molecule has 0 atom stereocenters. The first kappa shape index (κ1) is 18.3. The van der Waals surface area contributed by atoms with E-state index in [1.165, 1.54) is 18.2 Å². The molecule has 24 heavy (non-hydrogen) atoms. The Morgan fingerprint density at radius 2 is 1.88 bits per heavy atom. The Bertz CT molecular complexity index is 792. The third kappa shape index (κ3) is 4.70. The predicted octanol–water partition coefficient (Wildman–Crippen LogP) is 2.80. The maximum Gasteiger partial charge on any atom is 0.346 e. The van der Waals surface area contributed by atoms with Gasteiger partial charge < -0.3 is 15.7 Å². The SMILES string of the molecule is O=C(CNC(=O)c1ccc(Cl)cc1Cl)NCc1ccsc1C(=O)O. The maximum atomic E-state index is 12.0. The molecule has 0 spiro atoms. The van der Waals surface area contributed by atoms with Gasteiger partial charge in [-0.15, -0.1) is 11.3 Å². The predicted molar refractivity (Wildman–Crippen MR) is 91.9 cm³/mol. The van der Waals surface area contributed by atoms with Crippen molar-refractivity contribution in [1.29, 1.82) is 0 Å². The van der Waals surface area contributed by atoms with Gasteiger partial charge in [0.2, 0.25) is 5.91 Å². The van der Waals surface area contributed by atoms with E-state index in [4.69, 9.17) is 28.3 Å². The summed E-state index contributed by atoms with van der Waals surface area (Å²) < 4.78 is 0. The summed E-state index contributed by atoms with van der Waals surface area (Å²) in [6.07, 6.45) is 0. The monoisotopic (exact) mass is 386 g/mol. The van der Waals surface area contributed by atoms with Gasteiger partial charge in [0.1, 0.15) is 4.88 Å². The Hall–Kier alpha value is -2.09. The molecular weight excluding hydrogens is 375 g/mol. The van der Waals surface area contributed by atoms with Gasteiger partial charge in [-0.05, 0) is 35.2 Å². The number of carboxylic acids is 1. The van der Waals surface area contributed by atoms with E-state index in [1.807, 2.05) is 0 Å². The number of hydrogen-bond acceptors (Lipinski definition) is 4. The Morgan fingerprint density at radius 3 is 2.54 bits per heavy atom. The Balaban J connectivity index is 1.85. The summed E-state index contributed by atoms with van der Waals surface area (Å²) in [7, 11) is 0. The fraction of sp³-hybridized carbons (Fsp3) is 0.133. The van der Waals surface area contributed by atoms with E-state index in [0.29, 0.717) is 10.6 Å². The molecule has 6 nitrogen and oxygen atoms in total. The molecule has 1 aromatic carbocycles. The van der Waals surface area contributed by atoms with Crippen molar-refractivity contribution < 1.29 is 19.5 Å². The van der Waals surface area contributed by atoms with Gasteiger partial charge in [0.25, 0.3) is 5.91 Å². The van der Waals surface area contributed by atoms with Crippen LogP contribution in [0, 0.1) is 0 Å². The molecule has 0 saturated heterocycles. The van der Waals surface area contributed by atoms with Gasteiger partial charge in [-0.25, -0.2) is 4.79 Å². The molecule has 0 aliphatic rings. The quantitative estimate of drug-likeness (QED) is 0.710. The Labute approximate surface area is 151 Å². The van der Waals surface area contributed by atoms with Crippen LogP contribution in [-0.2, 0) is 11.3 Å². The molecule has 2 amide bonds. The Morgan fingerprint density at radius 1 is 1.12 bits per heavy atom. The molecule has 0 bridgehead atoms. The van der Waals surface area contributed by atoms with Crippen molar-refractivity contribution in [2.45, 2.75) is 6.54 Å². The van der Waals surface area contributed by atoms with Crippen LogP contribution in [0.5, 0.6) is 0 Å². The lowest BCUT2D eigenvalue weighted by Crippen LogP contribution is -2.36. The van der Waals surface area contributed by atoms with E-state index in [9.17, 15) is 14.4 Å². The van der Waals surface area contributed by atoms with Gasteiger partial charge >= 0.3 is 5.97 Å². The van der Waals surface area contributed by atoms with E-state index in [-0.39, 0.29) is 28.6 Å². The lowest BCUT2D eigenvalue weighted by atomic mass is 10.2. The minimum Gasteiger partial charge on any atom is -0.477 e. The van der Waals surface area contributed by atoms with Crippen LogP contribution in [0.2, 0.25) is 10.0 Å². The van der Waals surface area contributed by atoms with Crippen molar-refractivity contribution >= 4 is 52.3 Å². The number of benzene rings is 1. The van der Waals surface area contributed by atoms with Crippen molar-refractivity contribution in [3.63, 3.8) is 0 Å². The smallest absolute Gasteiger partial charge is 0.346 e. The molecule has 126 valence electrons. The van der Waals surface area contributed by atoms with Crippen LogP contribution in [0.15, 0.2) is 29.6 Å². The third-order valence-electron chi connectivity index (χ3n) is 3.00. The largest absolute Gasteiger partial charge is 0.477 e. The van der Waals surface area contributed by atoms with E-state index >= 15 is 0 Å². The summed E-state index contributed by atoms with van der Waals surface area (Å²) in [6, 6.07) is 6.04. The third-order valence-corrected chi connectivity index (χ3v) is 4.49. The molecule has 0 aliphatic heterocycles. The van der Waals surface area contributed by atoms with Gasteiger partial charge in [-0.2, -0.15) is 0 Å². The highest BCUT2D eigenvalue weighted by Gasteiger charge is 2.14. The molecule has 3 N–H and O–H groups in total. The molecule has 1 heterocycles. The van der Waals surface area contributed by atoms with Crippen LogP contribution in [0.25, 0.3) is 0 Å². The summed E-state index contributed by atoms with van der Waals surface area (Å²) >= 11 is 12.7. The zero-order valence-corrected chi connectivity index (χ0v) is 14.5. The first-order valence-electron chi connectivity index (χ1n) is 6.68. The van der Waals surface area contributed by atoms with Crippen molar-refractivity contribution in [2.75, 3.05) is 6.54 Å². The summed E-state index contributed by atoms with van der Waals surface area (Å²) in [5.74, 6) is -2.00. The average Bonchev–Trinajstić information content (AvgIpc) is 2.99. The lowest BCUT2D eigenvalue weighted by Gasteiger charge is -2.08. The minimum absolute atomic E-state index is 0.0710. The van der Waals surface area contributed by atoms with Crippen LogP contribution in [0.4, 0.5) is 0 Å². The van der Waals surface area contributed by atoms with E-state index < -0.39 is 17.8 Å². The van der Waals surface area contributed by atoms with Gasteiger partial charge in [0.05, 0.1) is 17.1 Å². The van der Waals surface area contributed by atoms with Crippen molar-refractivity contribution in [3.8, 4) is 0 Å². The number of carbonyl (C=O) groups excluding carboxylic acids is 2. The summed E-state index contributed by atoms with van der Waals surface area (Å²) in [4.78, 5) is 34.9. The number of halogens is 2. The van der Waals surface area contributed by atoms with Crippen LogP contribution in [-0.4, -0.2) is 29.4 Å². The summed E-state index contributed by atoms with van der Waals surface area (Å²) in [6.45, 7) is -0.189. The second-order valence-electron chi connectivity index (χ2n) is 4.66. The topological polar surface area (TPSA) is 95.5 Å². The highest BCUT2D eigenvalue weighted by Crippen LogP contribution is 2.20. The van der Waals surface area contributed by atoms with E-state index in [0.717, 1.165) is 11.3 Å². The highest BCUT2D eigenvalue weighted by atomic mass is 35.5. The molecule has 0 saturated carbocycles. The molecule has 2 rings (SSSR count). The van der Waals surface area contributed by atoms with Crippen LogP contribution in [0.1, 0.15) is 25.6 Å². The van der Waals surface area contributed by atoms with Crippen molar-refractivity contribution in [3.05, 3.63) is 55.7 Å². The number of hydrogen-bond donors (Lipinski definition) is 3. The first-order valence-corrected chi connectivity index (χ1v) is 8.31. The van der Waals surface area contributed by atoms with Crippen LogP contribution in [0.3, 0.4) is 0 Å². The van der Waals surface area contributed by atoms with E-state index in [1.54, 1.807) is 11.4 Å². The molecule has 2 aromatic rings. The summed E-state index contributed by atoms with van der Waals surface area (Å²) in [5, 5.41) is 16.2.